The van der Waals surface area contributed by atoms with Gasteiger partial charge < -0.3 is 9.88 Å². The van der Waals surface area contributed by atoms with Gasteiger partial charge in [-0.15, -0.1) is 10.2 Å². The van der Waals surface area contributed by atoms with E-state index in [0.29, 0.717) is 11.6 Å². The van der Waals surface area contributed by atoms with Crippen molar-refractivity contribution in [3.05, 3.63) is 30.1 Å². The molecule has 2 aromatic rings. The Labute approximate surface area is 168 Å². The fraction of sp³-hybridized carbons (Fsp3) is 0.500. The maximum absolute atomic E-state index is 13.4. The number of carbonyl (C=O) groups is 2. The molecule has 1 aromatic carbocycles. The molecule has 2 aliphatic rings. The van der Waals surface area contributed by atoms with Crippen LogP contribution in [0.5, 0.6) is 0 Å². The summed E-state index contributed by atoms with van der Waals surface area (Å²) in [5.41, 5.74) is 0.406. The Morgan fingerprint density at radius 1 is 1.32 bits per heavy atom. The van der Waals surface area contributed by atoms with Gasteiger partial charge in [0.05, 0.1) is 16.6 Å². The second kappa shape index (κ2) is 6.92. The van der Waals surface area contributed by atoms with Crippen molar-refractivity contribution in [3.8, 4) is 0 Å². The van der Waals surface area contributed by atoms with E-state index in [9.17, 15) is 9.59 Å². The number of nitrogens with one attached hydrogen (secondary N) is 1. The maximum Gasteiger partial charge on any atom is 0.250 e. The average Bonchev–Trinajstić information content (AvgIpc) is 3.43. The van der Waals surface area contributed by atoms with Crippen molar-refractivity contribution in [1.29, 1.82) is 0 Å². The molecule has 4 rings (SSSR count). The number of nitrogens with zero attached hydrogens (tertiary/aromatic N) is 4. The number of rotatable bonds is 5. The summed E-state index contributed by atoms with van der Waals surface area (Å²) in [6.07, 6.45) is 2.32. The summed E-state index contributed by atoms with van der Waals surface area (Å²) in [7, 11) is 0. The monoisotopic (exact) mass is 399 g/mol. The number of fused-ring (bicyclic) bond motifs is 1. The van der Waals surface area contributed by atoms with Crippen molar-refractivity contribution in [3.63, 3.8) is 0 Å². The standard InChI is InChI=1S/C20H25N5O2S/c1-5-24-16(13-10-11-13)22-23-19(24)28-12(2)17(26)25-15-9-7-6-8-14(15)21-18(27)20(25,3)4/h6-9,12-13H,5,10-11H2,1-4H3,(H,21,27). The largest absolute Gasteiger partial charge is 0.322 e. The van der Waals surface area contributed by atoms with Crippen LogP contribution in [0, 0.1) is 0 Å². The Kier molecular flexibility index (Phi) is 4.69. The fourth-order valence-corrected chi connectivity index (χ4v) is 4.53. The van der Waals surface area contributed by atoms with E-state index in [1.807, 2.05) is 31.2 Å². The van der Waals surface area contributed by atoms with Gasteiger partial charge in [-0.1, -0.05) is 23.9 Å². The molecule has 28 heavy (non-hydrogen) atoms. The molecule has 1 aliphatic heterocycles. The lowest BCUT2D eigenvalue weighted by molar-refractivity contribution is -0.126. The van der Waals surface area contributed by atoms with Gasteiger partial charge in [-0.3, -0.25) is 14.5 Å². The van der Waals surface area contributed by atoms with Crippen molar-refractivity contribution in [2.45, 2.75) is 68.9 Å². The molecule has 1 unspecified atom stereocenters. The number of thioether (sulfide) groups is 1. The number of hydrogen-bond donors (Lipinski definition) is 1. The van der Waals surface area contributed by atoms with Gasteiger partial charge in [0, 0.05) is 12.5 Å². The molecule has 2 heterocycles. The van der Waals surface area contributed by atoms with E-state index in [1.165, 1.54) is 11.8 Å². The number of aromatic nitrogens is 3. The maximum atomic E-state index is 13.4. The lowest BCUT2D eigenvalue weighted by atomic mass is 9.96. The number of anilines is 2. The van der Waals surface area contributed by atoms with Crippen molar-refractivity contribution in [2.75, 3.05) is 10.2 Å². The summed E-state index contributed by atoms with van der Waals surface area (Å²) in [6.45, 7) is 8.26. The third-order valence-corrected chi connectivity index (χ3v) is 6.43. The van der Waals surface area contributed by atoms with Gasteiger partial charge in [0.1, 0.15) is 11.4 Å². The summed E-state index contributed by atoms with van der Waals surface area (Å²) < 4.78 is 2.11. The molecule has 1 fully saturated rings. The highest BCUT2D eigenvalue weighted by atomic mass is 32.2. The van der Waals surface area contributed by atoms with Gasteiger partial charge >= 0.3 is 0 Å². The number of para-hydroxylation sites is 2. The minimum Gasteiger partial charge on any atom is -0.322 e. The van der Waals surface area contributed by atoms with E-state index in [-0.39, 0.29) is 11.8 Å². The van der Waals surface area contributed by atoms with E-state index >= 15 is 0 Å². The van der Waals surface area contributed by atoms with E-state index < -0.39 is 10.8 Å². The lowest BCUT2D eigenvalue weighted by Gasteiger charge is -2.43. The predicted octanol–water partition coefficient (Wildman–Crippen LogP) is 3.42. The van der Waals surface area contributed by atoms with Crippen LogP contribution in [0.3, 0.4) is 0 Å². The van der Waals surface area contributed by atoms with Gasteiger partial charge in [-0.2, -0.15) is 0 Å². The molecule has 8 heteroatoms. The van der Waals surface area contributed by atoms with Crippen LogP contribution in [-0.2, 0) is 16.1 Å². The molecule has 0 radical (unpaired) electrons. The number of carbonyl (C=O) groups excluding carboxylic acids is 2. The van der Waals surface area contributed by atoms with Crippen LogP contribution >= 0.6 is 11.8 Å². The summed E-state index contributed by atoms with van der Waals surface area (Å²) in [5, 5.41) is 11.9. The molecular weight excluding hydrogens is 374 g/mol. The van der Waals surface area contributed by atoms with E-state index in [2.05, 4.69) is 27.0 Å². The molecule has 2 amide bonds. The van der Waals surface area contributed by atoms with Gasteiger partial charge in [-0.25, -0.2) is 0 Å². The van der Waals surface area contributed by atoms with Crippen molar-refractivity contribution >= 4 is 35.0 Å². The molecule has 1 saturated carbocycles. The third kappa shape index (κ3) is 3.09. The Morgan fingerprint density at radius 2 is 2.04 bits per heavy atom. The molecule has 0 bridgehead atoms. The van der Waals surface area contributed by atoms with Crippen LogP contribution in [-0.4, -0.2) is 37.4 Å². The first-order chi connectivity index (χ1) is 13.3. The highest BCUT2D eigenvalue weighted by molar-refractivity contribution is 8.00. The molecule has 1 aliphatic carbocycles. The first-order valence-electron chi connectivity index (χ1n) is 9.69. The van der Waals surface area contributed by atoms with Crippen LogP contribution < -0.4 is 10.2 Å². The zero-order chi connectivity index (χ0) is 20.1. The first kappa shape index (κ1) is 19.0. The number of benzene rings is 1. The lowest BCUT2D eigenvalue weighted by Crippen LogP contribution is -2.60. The van der Waals surface area contributed by atoms with Crippen LogP contribution in [0.4, 0.5) is 11.4 Å². The number of amides is 2. The van der Waals surface area contributed by atoms with Crippen molar-refractivity contribution < 1.29 is 9.59 Å². The van der Waals surface area contributed by atoms with Crippen LogP contribution in [0.2, 0.25) is 0 Å². The van der Waals surface area contributed by atoms with E-state index in [0.717, 1.165) is 36.1 Å². The smallest absolute Gasteiger partial charge is 0.250 e. The molecule has 0 spiro atoms. The van der Waals surface area contributed by atoms with E-state index in [4.69, 9.17) is 0 Å². The fourth-order valence-electron chi connectivity index (χ4n) is 3.56. The van der Waals surface area contributed by atoms with Gasteiger partial charge in [-0.05, 0) is 52.7 Å². The Morgan fingerprint density at radius 3 is 2.71 bits per heavy atom. The number of hydrogen-bond acceptors (Lipinski definition) is 5. The predicted molar refractivity (Wildman–Crippen MR) is 110 cm³/mol. The summed E-state index contributed by atoms with van der Waals surface area (Å²) in [5.74, 6) is 1.22. The van der Waals surface area contributed by atoms with Crippen LogP contribution in [0.25, 0.3) is 0 Å². The quantitative estimate of drug-likeness (QED) is 0.779. The van der Waals surface area contributed by atoms with Crippen LogP contribution in [0.1, 0.15) is 52.3 Å². The molecule has 1 aromatic heterocycles. The minimum atomic E-state index is -0.974. The Balaban J connectivity index is 1.62. The highest BCUT2D eigenvalue weighted by Gasteiger charge is 2.45. The molecule has 1 N–H and O–H groups in total. The first-order valence-corrected chi connectivity index (χ1v) is 10.6. The summed E-state index contributed by atoms with van der Waals surface area (Å²) >= 11 is 1.41. The normalized spacial score (nSPS) is 19.1. The van der Waals surface area contributed by atoms with Gasteiger partial charge in [0.25, 0.3) is 0 Å². The van der Waals surface area contributed by atoms with Crippen molar-refractivity contribution in [2.24, 2.45) is 0 Å². The average molecular weight is 400 g/mol. The van der Waals surface area contributed by atoms with Crippen molar-refractivity contribution in [1.82, 2.24) is 14.8 Å². The van der Waals surface area contributed by atoms with Crippen LogP contribution in [0.15, 0.2) is 29.4 Å². The molecule has 0 saturated heterocycles. The topological polar surface area (TPSA) is 80.1 Å². The molecule has 1 atom stereocenters. The minimum absolute atomic E-state index is 0.115. The highest BCUT2D eigenvalue weighted by Crippen LogP contribution is 2.41. The van der Waals surface area contributed by atoms with E-state index in [1.54, 1.807) is 18.7 Å². The second-order valence-corrected chi connectivity index (χ2v) is 9.13. The SMILES string of the molecule is CCn1c(SC(C)C(=O)N2c3ccccc3NC(=O)C2(C)C)nnc1C1CC1. The molecule has 148 valence electrons. The zero-order valence-electron chi connectivity index (χ0n) is 16.6. The zero-order valence-corrected chi connectivity index (χ0v) is 17.4. The second-order valence-electron chi connectivity index (χ2n) is 7.82. The third-order valence-electron chi connectivity index (χ3n) is 5.36. The summed E-state index contributed by atoms with van der Waals surface area (Å²) in [4.78, 5) is 27.7. The molecular formula is C20H25N5O2S. The Hall–Kier alpha value is -2.35. The summed E-state index contributed by atoms with van der Waals surface area (Å²) in [6, 6.07) is 7.41. The Bertz CT molecular complexity index is 934. The van der Waals surface area contributed by atoms with Gasteiger partial charge in [0.2, 0.25) is 11.8 Å². The van der Waals surface area contributed by atoms with Gasteiger partial charge in [0.15, 0.2) is 5.16 Å². The molecule has 7 nitrogen and oxygen atoms in total.